The van der Waals surface area contributed by atoms with E-state index in [0.29, 0.717) is 13.0 Å². The fraction of sp³-hybridized carbons (Fsp3) is 0.353. The van der Waals surface area contributed by atoms with Crippen LogP contribution in [-0.4, -0.2) is 54.2 Å². The summed E-state index contributed by atoms with van der Waals surface area (Å²) in [5, 5.41) is 2.60. The SMILES string of the molecule is COC(=O)CNC(=O)N1CCc2[nH]cnc2[C@@H]1c1ccc(OC)cc1. The van der Waals surface area contributed by atoms with Gasteiger partial charge in [-0.15, -0.1) is 0 Å². The van der Waals surface area contributed by atoms with Crippen LogP contribution < -0.4 is 10.1 Å². The standard InChI is InChI=1S/C17H20N4O4/c1-24-12-5-3-11(4-6-12)16-15-13(19-10-20-15)7-8-21(16)17(23)18-9-14(22)25-2/h3-6,10,16H,7-9H2,1-2H3,(H,18,23)(H,19,20)/t16-/m0/s1. The maximum atomic E-state index is 12.6. The number of nitrogens with zero attached hydrogens (tertiary/aromatic N) is 2. The number of aromatic amines is 1. The molecule has 1 aliphatic heterocycles. The van der Waals surface area contributed by atoms with E-state index < -0.39 is 5.97 Å². The molecule has 3 rings (SSSR count). The molecule has 0 bridgehead atoms. The molecule has 2 heterocycles. The number of fused-ring (bicyclic) bond motifs is 1. The van der Waals surface area contributed by atoms with Crippen LogP contribution in [0.4, 0.5) is 4.79 Å². The molecule has 2 N–H and O–H groups in total. The van der Waals surface area contributed by atoms with Crippen molar-refractivity contribution in [3.63, 3.8) is 0 Å². The van der Waals surface area contributed by atoms with Crippen molar-refractivity contribution in [2.45, 2.75) is 12.5 Å². The number of imidazole rings is 1. The number of urea groups is 1. The Kier molecular flexibility index (Phi) is 4.87. The third kappa shape index (κ3) is 3.42. The number of aromatic nitrogens is 2. The van der Waals surface area contributed by atoms with Crippen molar-refractivity contribution in [3.8, 4) is 5.75 Å². The van der Waals surface area contributed by atoms with Gasteiger partial charge in [-0.25, -0.2) is 9.78 Å². The highest BCUT2D eigenvalue weighted by Crippen LogP contribution is 2.33. The first-order chi connectivity index (χ1) is 12.1. The first-order valence-electron chi connectivity index (χ1n) is 7.91. The number of amides is 2. The van der Waals surface area contributed by atoms with Crippen LogP contribution in [0.2, 0.25) is 0 Å². The van der Waals surface area contributed by atoms with Crippen LogP contribution >= 0.6 is 0 Å². The molecule has 0 saturated carbocycles. The molecule has 1 aromatic heterocycles. The quantitative estimate of drug-likeness (QED) is 0.814. The Morgan fingerprint density at radius 1 is 1.32 bits per heavy atom. The minimum atomic E-state index is -0.494. The van der Waals surface area contributed by atoms with Gasteiger partial charge in [0.2, 0.25) is 0 Å². The molecule has 1 atom stereocenters. The highest BCUT2D eigenvalue weighted by atomic mass is 16.5. The number of hydrogen-bond acceptors (Lipinski definition) is 5. The summed E-state index contributed by atoms with van der Waals surface area (Å²) in [4.78, 5) is 33.1. The second kappa shape index (κ2) is 7.25. The van der Waals surface area contributed by atoms with Gasteiger partial charge in [0.25, 0.3) is 0 Å². The van der Waals surface area contributed by atoms with Crippen molar-refractivity contribution in [2.24, 2.45) is 0 Å². The van der Waals surface area contributed by atoms with Crippen LogP contribution in [0.1, 0.15) is 23.0 Å². The zero-order chi connectivity index (χ0) is 17.8. The van der Waals surface area contributed by atoms with Crippen molar-refractivity contribution in [2.75, 3.05) is 27.3 Å². The number of methoxy groups -OCH3 is 2. The molecule has 0 unspecified atom stereocenters. The predicted octanol–water partition coefficient (Wildman–Crippen LogP) is 1.25. The lowest BCUT2D eigenvalue weighted by Crippen LogP contribution is -2.47. The maximum absolute atomic E-state index is 12.6. The number of carbonyl (C=O) groups is 2. The van der Waals surface area contributed by atoms with E-state index in [2.05, 4.69) is 20.0 Å². The van der Waals surface area contributed by atoms with Gasteiger partial charge in [0.15, 0.2) is 0 Å². The summed E-state index contributed by atoms with van der Waals surface area (Å²) < 4.78 is 9.76. The molecular formula is C17H20N4O4. The van der Waals surface area contributed by atoms with E-state index in [4.69, 9.17) is 4.74 Å². The van der Waals surface area contributed by atoms with Gasteiger partial charge in [-0.3, -0.25) is 4.79 Å². The minimum Gasteiger partial charge on any atom is -0.497 e. The number of nitrogens with one attached hydrogen (secondary N) is 2. The first-order valence-corrected chi connectivity index (χ1v) is 7.91. The summed E-state index contributed by atoms with van der Waals surface area (Å²) in [6.07, 6.45) is 2.31. The van der Waals surface area contributed by atoms with E-state index in [9.17, 15) is 9.59 Å². The van der Waals surface area contributed by atoms with E-state index in [1.165, 1.54) is 7.11 Å². The monoisotopic (exact) mass is 344 g/mol. The van der Waals surface area contributed by atoms with Gasteiger partial charge in [0.05, 0.1) is 26.2 Å². The number of ether oxygens (including phenoxy) is 2. The van der Waals surface area contributed by atoms with Gasteiger partial charge in [-0.2, -0.15) is 0 Å². The van der Waals surface area contributed by atoms with Gasteiger partial charge >= 0.3 is 12.0 Å². The molecule has 8 nitrogen and oxygen atoms in total. The molecule has 132 valence electrons. The maximum Gasteiger partial charge on any atom is 0.325 e. The van der Waals surface area contributed by atoms with Gasteiger partial charge in [-0.05, 0) is 17.7 Å². The average molecular weight is 344 g/mol. The molecule has 25 heavy (non-hydrogen) atoms. The van der Waals surface area contributed by atoms with Gasteiger partial charge in [0.1, 0.15) is 18.3 Å². The Balaban J connectivity index is 1.88. The fourth-order valence-electron chi connectivity index (χ4n) is 2.94. The average Bonchev–Trinajstić information content (AvgIpc) is 3.13. The zero-order valence-electron chi connectivity index (χ0n) is 14.1. The lowest BCUT2D eigenvalue weighted by Gasteiger charge is -2.35. The van der Waals surface area contributed by atoms with Gasteiger partial charge in [0, 0.05) is 18.7 Å². The van der Waals surface area contributed by atoms with Crippen molar-refractivity contribution in [1.29, 1.82) is 0 Å². The summed E-state index contributed by atoms with van der Waals surface area (Å²) in [6, 6.07) is 6.85. The third-order valence-corrected chi connectivity index (χ3v) is 4.23. The van der Waals surface area contributed by atoms with E-state index in [1.54, 1.807) is 18.3 Å². The number of esters is 1. The fourth-order valence-corrected chi connectivity index (χ4v) is 2.94. The Morgan fingerprint density at radius 3 is 2.76 bits per heavy atom. The van der Waals surface area contributed by atoms with Gasteiger partial charge in [-0.1, -0.05) is 12.1 Å². The second-order valence-corrected chi connectivity index (χ2v) is 5.62. The van der Waals surface area contributed by atoms with Crippen LogP contribution in [0.5, 0.6) is 5.75 Å². The Hall–Kier alpha value is -3.03. The Bertz CT molecular complexity index is 756. The van der Waals surface area contributed by atoms with Crippen LogP contribution in [0.25, 0.3) is 0 Å². The predicted molar refractivity (Wildman–Crippen MR) is 89.2 cm³/mol. The second-order valence-electron chi connectivity index (χ2n) is 5.62. The van der Waals surface area contributed by atoms with Crippen LogP contribution in [0.3, 0.4) is 0 Å². The van der Waals surface area contributed by atoms with E-state index in [-0.39, 0.29) is 18.6 Å². The van der Waals surface area contributed by atoms with E-state index in [0.717, 1.165) is 22.7 Å². The minimum absolute atomic E-state index is 0.172. The molecule has 2 amide bonds. The third-order valence-electron chi connectivity index (χ3n) is 4.23. The van der Waals surface area contributed by atoms with Crippen molar-refractivity contribution < 1.29 is 19.1 Å². The molecule has 8 heteroatoms. The van der Waals surface area contributed by atoms with E-state index >= 15 is 0 Å². The summed E-state index contributed by atoms with van der Waals surface area (Å²) in [6.45, 7) is 0.341. The molecule has 0 spiro atoms. The molecule has 0 fully saturated rings. The number of H-pyrrole nitrogens is 1. The van der Waals surface area contributed by atoms with Crippen molar-refractivity contribution in [3.05, 3.63) is 47.5 Å². The highest BCUT2D eigenvalue weighted by Gasteiger charge is 2.34. The van der Waals surface area contributed by atoms with Crippen LogP contribution in [0.15, 0.2) is 30.6 Å². The van der Waals surface area contributed by atoms with Crippen molar-refractivity contribution >= 4 is 12.0 Å². The summed E-state index contributed by atoms with van der Waals surface area (Å²) >= 11 is 0. The number of hydrogen-bond donors (Lipinski definition) is 2. The molecule has 0 radical (unpaired) electrons. The van der Waals surface area contributed by atoms with Gasteiger partial charge < -0.3 is 24.7 Å². The summed E-state index contributed by atoms with van der Waals surface area (Å²) in [7, 11) is 2.89. The summed E-state index contributed by atoms with van der Waals surface area (Å²) in [5.74, 6) is 0.246. The Labute approximate surface area is 145 Å². The molecular weight excluding hydrogens is 324 g/mol. The number of benzene rings is 1. The van der Waals surface area contributed by atoms with Crippen LogP contribution in [-0.2, 0) is 16.0 Å². The summed E-state index contributed by atoms with van der Waals surface area (Å²) in [5.41, 5.74) is 2.74. The zero-order valence-corrected chi connectivity index (χ0v) is 14.1. The number of rotatable bonds is 4. The topological polar surface area (TPSA) is 96.6 Å². The normalized spacial score (nSPS) is 16.1. The Morgan fingerprint density at radius 2 is 2.08 bits per heavy atom. The lowest BCUT2D eigenvalue weighted by atomic mass is 9.96. The smallest absolute Gasteiger partial charge is 0.325 e. The molecule has 1 aromatic carbocycles. The first kappa shape index (κ1) is 16.8. The van der Waals surface area contributed by atoms with Crippen LogP contribution in [0, 0.1) is 0 Å². The molecule has 2 aromatic rings. The van der Waals surface area contributed by atoms with Crippen molar-refractivity contribution in [1.82, 2.24) is 20.2 Å². The highest BCUT2D eigenvalue weighted by molar-refractivity contribution is 5.81. The lowest BCUT2D eigenvalue weighted by molar-refractivity contribution is -0.139. The molecule has 0 aliphatic carbocycles. The molecule has 1 aliphatic rings. The van der Waals surface area contributed by atoms with E-state index in [1.807, 2.05) is 24.3 Å². The number of carbonyl (C=O) groups excluding carboxylic acids is 2. The molecule has 0 saturated heterocycles. The largest absolute Gasteiger partial charge is 0.497 e.